The molecular formula is C22H25ClN4O7. The average Bonchev–Trinajstić information content (AvgIpc) is 2.82. The molecule has 2 aromatic carbocycles. The zero-order valence-corrected chi connectivity index (χ0v) is 20.0. The number of halogens is 1. The number of carbonyl (C=O) groups is 3. The van der Waals surface area contributed by atoms with Crippen LogP contribution in [0.1, 0.15) is 13.3 Å². The monoisotopic (exact) mass is 492 g/mol. The number of nitrogens with one attached hydrogen (secondary N) is 3. The van der Waals surface area contributed by atoms with E-state index in [2.05, 4.69) is 21.2 Å². The second-order valence-electron chi connectivity index (χ2n) is 6.72. The third-order valence-corrected chi connectivity index (χ3v) is 4.67. The van der Waals surface area contributed by atoms with Crippen LogP contribution < -0.4 is 35.0 Å². The van der Waals surface area contributed by atoms with Crippen LogP contribution in [0.2, 0.25) is 5.02 Å². The highest BCUT2D eigenvalue weighted by Gasteiger charge is 2.17. The minimum Gasteiger partial charge on any atom is -0.497 e. The summed E-state index contributed by atoms with van der Waals surface area (Å²) in [5.41, 5.74) is 2.95. The Hall–Kier alpha value is -3.99. The molecule has 0 saturated heterocycles. The van der Waals surface area contributed by atoms with Crippen LogP contribution in [-0.2, 0) is 14.4 Å². The van der Waals surface area contributed by atoms with Gasteiger partial charge in [-0.25, -0.2) is 5.43 Å². The molecule has 0 fully saturated rings. The molecule has 0 aliphatic rings. The minimum atomic E-state index is -1.03. The van der Waals surface area contributed by atoms with Crippen LogP contribution in [0.4, 0.5) is 11.4 Å². The van der Waals surface area contributed by atoms with Crippen LogP contribution in [-0.4, -0.2) is 51.9 Å². The molecular weight excluding hydrogens is 468 g/mol. The van der Waals surface area contributed by atoms with Crippen LogP contribution in [0.15, 0.2) is 35.4 Å². The van der Waals surface area contributed by atoms with Crippen molar-refractivity contribution in [1.29, 1.82) is 0 Å². The molecule has 0 radical (unpaired) electrons. The first-order chi connectivity index (χ1) is 16.2. The van der Waals surface area contributed by atoms with Crippen molar-refractivity contribution in [3.63, 3.8) is 0 Å². The van der Waals surface area contributed by atoms with Gasteiger partial charge in [0.05, 0.1) is 51.3 Å². The molecule has 11 nitrogen and oxygen atoms in total. The van der Waals surface area contributed by atoms with E-state index in [1.54, 1.807) is 12.1 Å². The molecule has 0 bridgehead atoms. The van der Waals surface area contributed by atoms with Crippen LogP contribution in [0.25, 0.3) is 0 Å². The van der Waals surface area contributed by atoms with Crippen molar-refractivity contribution in [2.75, 3.05) is 39.1 Å². The number of amides is 3. The fourth-order valence-electron chi connectivity index (χ4n) is 2.71. The van der Waals surface area contributed by atoms with Crippen molar-refractivity contribution in [2.24, 2.45) is 5.10 Å². The van der Waals surface area contributed by atoms with E-state index in [9.17, 15) is 14.4 Å². The lowest BCUT2D eigenvalue weighted by atomic mass is 10.2. The smallest absolute Gasteiger partial charge is 0.329 e. The molecule has 0 spiro atoms. The summed E-state index contributed by atoms with van der Waals surface area (Å²) in [6.45, 7) is 1.52. The molecule has 0 aliphatic carbocycles. The van der Waals surface area contributed by atoms with Gasteiger partial charge in [-0.2, -0.15) is 5.10 Å². The highest BCUT2D eigenvalue weighted by molar-refractivity contribution is 6.39. The summed E-state index contributed by atoms with van der Waals surface area (Å²) < 4.78 is 20.6. The molecule has 34 heavy (non-hydrogen) atoms. The number of rotatable bonds is 9. The van der Waals surface area contributed by atoms with E-state index in [0.29, 0.717) is 33.7 Å². The molecule has 0 aliphatic heterocycles. The van der Waals surface area contributed by atoms with Gasteiger partial charge in [0, 0.05) is 23.9 Å². The molecule has 12 heteroatoms. The van der Waals surface area contributed by atoms with Gasteiger partial charge in [-0.15, -0.1) is 0 Å². The molecule has 0 aromatic heterocycles. The van der Waals surface area contributed by atoms with E-state index in [-0.39, 0.29) is 17.8 Å². The fourth-order valence-corrected chi connectivity index (χ4v) is 2.94. The summed E-state index contributed by atoms with van der Waals surface area (Å²) in [6, 6.07) is 7.75. The van der Waals surface area contributed by atoms with Crippen molar-refractivity contribution in [2.45, 2.75) is 13.3 Å². The van der Waals surface area contributed by atoms with Crippen molar-refractivity contribution >= 4 is 46.4 Å². The largest absolute Gasteiger partial charge is 0.497 e. The van der Waals surface area contributed by atoms with Crippen LogP contribution in [0, 0.1) is 0 Å². The number of hydrogen-bond acceptors (Lipinski definition) is 8. The lowest BCUT2D eigenvalue weighted by Crippen LogP contribution is -2.33. The highest BCUT2D eigenvalue weighted by atomic mass is 35.5. The van der Waals surface area contributed by atoms with Gasteiger partial charge < -0.3 is 29.6 Å². The maximum absolute atomic E-state index is 12.4. The van der Waals surface area contributed by atoms with Gasteiger partial charge >= 0.3 is 11.8 Å². The van der Waals surface area contributed by atoms with Crippen molar-refractivity contribution < 1.29 is 33.3 Å². The molecule has 0 atom stereocenters. The highest BCUT2D eigenvalue weighted by Crippen LogP contribution is 2.36. The Morgan fingerprint density at radius 2 is 1.47 bits per heavy atom. The van der Waals surface area contributed by atoms with Crippen LogP contribution in [0.3, 0.4) is 0 Å². The molecule has 3 amide bonds. The first kappa shape index (κ1) is 26.3. The van der Waals surface area contributed by atoms with E-state index in [4.69, 9.17) is 30.5 Å². The Bertz CT molecular complexity index is 1100. The van der Waals surface area contributed by atoms with Gasteiger partial charge in [-0.3, -0.25) is 14.4 Å². The number of nitrogens with zero attached hydrogens (tertiary/aromatic N) is 1. The maximum Gasteiger partial charge on any atom is 0.329 e. The summed E-state index contributed by atoms with van der Waals surface area (Å²) in [6.07, 6.45) is -0.167. The number of benzene rings is 2. The minimum absolute atomic E-state index is 0.167. The van der Waals surface area contributed by atoms with Gasteiger partial charge in [0.1, 0.15) is 23.0 Å². The Balaban J connectivity index is 1.98. The fraction of sp³-hybridized carbons (Fsp3) is 0.273. The first-order valence-corrected chi connectivity index (χ1v) is 10.2. The number of carbonyl (C=O) groups excluding carboxylic acids is 3. The lowest BCUT2D eigenvalue weighted by molar-refractivity contribution is -0.136. The van der Waals surface area contributed by atoms with E-state index in [1.165, 1.54) is 53.6 Å². The van der Waals surface area contributed by atoms with Crippen LogP contribution in [0.5, 0.6) is 23.0 Å². The molecule has 0 unspecified atom stereocenters. The molecule has 2 aromatic rings. The van der Waals surface area contributed by atoms with E-state index < -0.39 is 17.7 Å². The van der Waals surface area contributed by atoms with Gasteiger partial charge in [0.25, 0.3) is 0 Å². The Morgan fingerprint density at radius 1 is 0.824 bits per heavy atom. The molecule has 0 saturated carbocycles. The Kier molecular flexibility index (Phi) is 9.50. The van der Waals surface area contributed by atoms with Gasteiger partial charge in [-0.1, -0.05) is 11.6 Å². The maximum atomic E-state index is 12.4. The van der Waals surface area contributed by atoms with Gasteiger partial charge in [0.15, 0.2) is 0 Å². The van der Waals surface area contributed by atoms with E-state index in [1.807, 2.05) is 0 Å². The first-order valence-electron chi connectivity index (χ1n) is 9.80. The number of hydrogen-bond donors (Lipinski definition) is 3. The third kappa shape index (κ3) is 7.01. The SMILES string of the molecule is COc1ccc(OC)c(NC(=O)C(=O)N/N=C(\C)CC(=O)Nc2cc(OC)c(Cl)cc2OC)c1. The van der Waals surface area contributed by atoms with E-state index in [0.717, 1.165) is 0 Å². The third-order valence-electron chi connectivity index (χ3n) is 4.37. The summed E-state index contributed by atoms with van der Waals surface area (Å²) in [4.78, 5) is 36.7. The Morgan fingerprint density at radius 3 is 2.09 bits per heavy atom. The number of hydrazone groups is 1. The van der Waals surface area contributed by atoms with Gasteiger partial charge in [0.2, 0.25) is 5.91 Å². The summed E-state index contributed by atoms with van der Waals surface area (Å²) in [7, 11) is 5.76. The normalized spacial score (nSPS) is 10.7. The molecule has 3 N–H and O–H groups in total. The van der Waals surface area contributed by atoms with Crippen LogP contribution >= 0.6 is 11.6 Å². The Labute approximate surface area is 201 Å². The van der Waals surface area contributed by atoms with Crippen molar-refractivity contribution in [3.8, 4) is 23.0 Å². The summed E-state index contributed by atoms with van der Waals surface area (Å²) in [5, 5.41) is 9.20. The predicted octanol–water partition coefficient (Wildman–Crippen LogP) is 2.83. The second kappa shape index (κ2) is 12.3. The van der Waals surface area contributed by atoms with Gasteiger partial charge in [-0.05, 0) is 19.1 Å². The molecule has 2 rings (SSSR count). The zero-order chi connectivity index (χ0) is 25.3. The average molecular weight is 493 g/mol. The second-order valence-corrected chi connectivity index (χ2v) is 7.13. The predicted molar refractivity (Wildman–Crippen MR) is 127 cm³/mol. The molecule has 182 valence electrons. The van der Waals surface area contributed by atoms with Crippen molar-refractivity contribution in [1.82, 2.24) is 5.43 Å². The molecule has 0 heterocycles. The lowest BCUT2D eigenvalue weighted by Gasteiger charge is -2.13. The number of ether oxygens (including phenoxy) is 4. The number of anilines is 2. The number of methoxy groups -OCH3 is 4. The zero-order valence-electron chi connectivity index (χ0n) is 19.3. The van der Waals surface area contributed by atoms with Crippen molar-refractivity contribution in [3.05, 3.63) is 35.4 Å². The van der Waals surface area contributed by atoms with E-state index >= 15 is 0 Å². The summed E-state index contributed by atoms with van der Waals surface area (Å²) in [5.74, 6) is -0.956. The quantitative estimate of drug-likeness (QED) is 0.278. The topological polar surface area (TPSA) is 137 Å². The standard InChI is InChI=1S/C22H25ClN4O7/c1-12(8-20(28)24-16-11-18(33-4)14(23)10-19(16)34-5)26-27-22(30)21(29)25-15-9-13(31-2)6-7-17(15)32-3/h6-7,9-11H,8H2,1-5H3,(H,24,28)(H,25,29)(H,27,30)/b26-12+. The summed E-state index contributed by atoms with van der Waals surface area (Å²) >= 11 is 6.06.